The van der Waals surface area contributed by atoms with Crippen molar-refractivity contribution in [3.63, 3.8) is 0 Å². The number of hydrogen-bond acceptors (Lipinski definition) is 6. The van der Waals surface area contributed by atoms with Crippen molar-refractivity contribution in [1.29, 1.82) is 0 Å². The molecule has 3 aliphatic heterocycles. The summed E-state index contributed by atoms with van der Waals surface area (Å²) >= 11 is 3.44. The van der Waals surface area contributed by atoms with Crippen LogP contribution in [-0.4, -0.2) is 61.0 Å². The standard InChI is InChI=1S/C22H33BrN4O3Si.Li/c1-31(2,3)9-8-30-14-27-20-11-16(23)10-17(22(28)29)21(20)18(25-27)12-24-19-13-26-6-4-15(19)5-7-26;/h10-11,15,19,24H,4-9,12-14H2,1-3H3,(H,28,29);/q;+1/p-1/t19-;/m0./s1. The van der Waals surface area contributed by atoms with Gasteiger partial charge in [-0.3, -0.25) is 0 Å². The van der Waals surface area contributed by atoms with Crippen molar-refractivity contribution in [2.24, 2.45) is 5.92 Å². The fourth-order valence-electron chi connectivity index (χ4n) is 4.69. The molecule has 3 aliphatic rings. The number of piperidine rings is 3. The van der Waals surface area contributed by atoms with Crippen molar-refractivity contribution in [3.05, 3.63) is 27.9 Å². The molecule has 1 N–H and O–H groups in total. The van der Waals surface area contributed by atoms with Crippen LogP contribution in [0.2, 0.25) is 25.7 Å². The molecule has 3 fully saturated rings. The number of benzene rings is 1. The van der Waals surface area contributed by atoms with Gasteiger partial charge in [0.05, 0.1) is 17.2 Å². The number of nitrogens with zero attached hydrogens (tertiary/aromatic N) is 3. The van der Waals surface area contributed by atoms with Gasteiger partial charge in [-0.2, -0.15) is 5.10 Å². The van der Waals surface area contributed by atoms with Gasteiger partial charge in [0.1, 0.15) is 6.73 Å². The Morgan fingerprint density at radius 2 is 2.03 bits per heavy atom. The van der Waals surface area contributed by atoms with E-state index in [1.807, 2.05) is 6.07 Å². The molecule has 0 radical (unpaired) electrons. The summed E-state index contributed by atoms with van der Waals surface area (Å²) in [4.78, 5) is 14.4. The molecule has 2 bridgehead atoms. The van der Waals surface area contributed by atoms with E-state index in [4.69, 9.17) is 9.84 Å². The molecule has 1 aromatic carbocycles. The first kappa shape index (κ1) is 25.9. The maximum absolute atomic E-state index is 11.9. The molecule has 1 atom stereocenters. The van der Waals surface area contributed by atoms with Crippen molar-refractivity contribution in [2.45, 2.75) is 57.8 Å². The summed E-state index contributed by atoms with van der Waals surface area (Å²) in [5, 5.41) is 21.0. The Labute approximate surface area is 211 Å². The van der Waals surface area contributed by atoms with E-state index >= 15 is 0 Å². The minimum atomic E-state index is -1.19. The molecule has 0 saturated carbocycles. The monoisotopic (exact) mass is 514 g/mol. The van der Waals surface area contributed by atoms with E-state index < -0.39 is 14.0 Å². The molecular formula is C22H32BrLiN4O3Si. The third-order valence-electron chi connectivity index (χ3n) is 6.51. The molecule has 0 unspecified atom stereocenters. The predicted octanol–water partition coefficient (Wildman–Crippen LogP) is -0.338. The van der Waals surface area contributed by atoms with Gasteiger partial charge in [0.2, 0.25) is 0 Å². The van der Waals surface area contributed by atoms with Gasteiger partial charge in [-0.05, 0) is 50.0 Å². The van der Waals surface area contributed by atoms with Crippen LogP contribution in [0.3, 0.4) is 0 Å². The fourth-order valence-corrected chi connectivity index (χ4v) is 5.89. The molecule has 0 spiro atoms. The van der Waals surface area contributed by atoms with Crippen LogP contribution >= 0.6 is 15.9 Å². The second-order valence-corrected chi connectivity index (χ2v) is 16.6. The molecule has 0 amide bonds. The number of carbonyl (C=O) groups is 1. The Bertz CT molecular complexity index is 957. The number of fused-ring (bicyclic) bond motifs is 4. The number of nitrogens with one attached hydrogen (secondary N) is 1. The summed E-state index contributed by atoms with van der Waals surface area (Å²) in [5.74, 6) is -0.493. The summed E-state index contributed by atoms with van der Waals surface area (Å²) in [6, 6.07) is 5.02. The van der Waals surface area contributed by atoms with Crippen LogP contribution < -0.4 is 29.3 Å². The molecule has 2 aromatic rings. The summed E-state index contributed by atoms with van der Waals surface area (Å²) in [5.41, 5.74) is 1.67. The van der Waals surface area contributed by atoms with Crippen LogP contribution in [0, 0.1) is 5.92 Å². The number of rotatable bonds is 9. The van der Waals surface area contributed by atoms with Crippen molar-refractivity contribution < 1.29 is 33.5 Å². The topological polar surface area (TPSA) is 82.5 Å². The number of carbonyl (C=O) groups excluding carboxylic acids is 1. The van der Waals surface area contributed by atoms with Crippen molar-refractivity contribution in [2.75, 3.05) is 26.2 Å². The van der Waals surface area contributed by atoms with Crippen LogP contribution in [-0.2, 0) is 18.0 Å². The normalized spacial score (nSPS) is 22.8. The van der Waals surface area contributed by atoms with Gasteiger partial charge in [0.25, 0.3) is 0 Å². The smallest absolute Gasteiger partial charge is 0.545 e. The fraction of sp³-hybridized carbons (Fsp3) is 0.636. The van der Waals surface area contributed by atoms with Gasteiger partial charge in [-0.15, -0.1) is 0 Å². The zero-order valence-corrected chi connectivity index (χ0v) is 22.2. The van der Waals surface area contributed by atoms with Crippen LogP contribution in [0.1, 0.15) is 28.9 Å². The summed E-state index contributed by atoms with van der Waals surface area (Å²) in [6.45, 7) is 11.9. The first-order chi connectivity index (χ1) is 14.7. The quantitative estimate of drug-likeness (QED) is 0.364. The van der Waals surface area contributed by atoms with E-state index in [0.717, 1.165) is 23.8 Å². The number of hydrogen-bond donors (Lipinski definition) is 1. The second-order valence-electron chi connectivity index (χ2n) is 10.1. The van der Waals surface area contributed by atoms with Crippen LogP contribution in [0.4, 0.5) is 0 Å². The van der Waals surface area contributed by atoms with Gasteiger partial charge >= 0.3 is 18.9 Å². The summed E-state index contributed by atoms with van der Waals surface area (Å²) in [7, 11) is -1.18. The molecular weight excluding hydrogens is 483 g/mol. The average molecular weight is 515 g/mol. The van der Waals surface area contributed by atoms with Gasteiger partial charge in [0, 0.05) is 49.2 Å². The zero-order chi connectivity index (χ0) is 22.2. The molecule has 3 saturated heterocycles. The Morgan fingerprint density at radius 3 is 2.62 bits per heavy atom. The van der Waals surface area contributed by atoms with Crippen LogP contribution in [0.5, 0.6) is 0 Å². The molecule has 1 aromatic heterocycles. The van der Waals surface area contributed by atoms with E-state index in [1.165, 1.54) is 25.9 Å². The Balaban J connectivity index is 0.00000289. The Kier molecular flexibility index (Phi) is 8.70. The van der Waals surface area contributed by atoms with E-state index in [-0.39, 0.29) is 24.4 Å². The Hall–Kier alpha value is -0.666. The molecule has 0 aliphatic carbocycles. The zero-order valence-electron chi connectivity index (χ0n) is 19.6. The van der Waals surface area contributed by atoms with Crippen LogP contribution in [0.15, 0.2) is 16.6 Å². The number of halogens is 1. The van der Waals surface area contributed by atoms with Gasteiger partial charge in [0.15, 0.2) is 0 Å². The second kappa shape index (κ2) is 10.7. The molecule has 7 nitrogen and oxygen atoms in total. The van der Waals surface area contributed by atoms with Gasteiger partial charge in [-0.25, -0.2) is 4.68 Å². The summed E-state index contributed by atoms with van der Waals surface area (Å²) in [6.07, 6.45) is 2.46. The maximum atomic E-state index is 11.9. The number of aromatic nitrogens is 2. The van der Waals surface area contributed by atoms with Gasteiger partial charge < -0.3 is 24.9 Å². The first-order valence-corrected chi connectivity index (χ1v) is 15.6. The number of ether oxygens (including phenoxy) is 1. The van der Waals surface area contributed by atoms with Gasteiger partial charge in [-0.1, -0.05) is 35.6 Å². The molecule has 4 heterocycles. The van der Waals surface area contributed by atoms with Crippen molar-refractivity contribution in [1.82, 2.24) is 20.0 Å². The van der Waals surface area contributed by atoms with Crippen LogP contribution in [0.25, 0.3) is 10.9 Å². The average Bonchev–Trinajstić information content (AvgIpc) is 3.06. The maximum Gasteiger partial charge on any atom is 1.00 e. The SMILES string of the molecule is C[Si](C)(C)CCOCn1nc(CN[C@H]2CN3CCC2CC3)c2c(C(=O)[O-])cc(Br)cc21.[Li+]. The van der Waals surface area contributed by atoms with E-state index in [0.29, 0.717) is 41.7 Å². The molecule has 5 rings (SSSR count). The largest absolute Gasteiger partial charge is 1.00 e. The van der Waals surface area contributed by atoms with E-state index in [9.17, 15) is 9.90 Å². The summed E-state index contributed by atoms with van der Waals surface area (Å²) < 4.78 is 8.40. The van der Waals surface area contributed by atoms with E-state index in [1.54, 1.807) is 10.7 Å². The number of carboxylic acids is 1. The first-order valence-electron chi connectivity index (χ1n) is 11.1. The molecule has 10 heteroatoms. The van der Waals surface area contributed by atoms with E-state index in [2.05, 4.69) is 45.8 Å². The third kappa shape index (κ3) is 6.06. The van der Waals surface area contributed by atoms with Crippen molar-refractivity contribution in [3.8, 4) is 0 Å². The molecule has 32 heavy (non-hydrogen) atoms. The minimum Gasteiger partial charge on any atom is -0.545 e. The minimum absolute atomic E-state index is 0. The number of carboxylic acid groups (broad SMARTS) is 1. The Morgan fingerprint density at radius 1 is 1.31 bits per heavy atom. The third-order valence-corrected chi connectivity index (χ3v) is 8.67. The molecule has 170 valence electrons. The predicted molar refractivity (Wildman–Crippen MR) is 126 cm³/mol. The van der Waals surface area contributed by atoms with Crippen molar-refractivity contribution >= 4 is 40.9 Å². The number of aromatic carboxylic acids is 1.